The monoisotopic (exact) mass is 389 g/mol. The molecule has 1 aromatic carbocycles. The number of carbonyl (C=O) groups is 4. The van der Waals surface area contributed by atoms with Crippen LogP contribution in [0, 0.1) is 0 Å². The highest BCUT2D eigenvalue weighted by Gasteiger charge is 2.03. The van der Waals surface area contributed by atoms with Crippen LogP contribution >= 0.6 is 0 Å². The second kappa shape index (κ2) is 12.9. The fraction of sp³-hybridized carbons (Fsp3) is 0. The van der Waals surface area contributed by atoms with Gasteiger partial charge in [-0.1, -0.05) is 18.2 Å². The van der Waals surface area contributed by atoms with E-state index in [1.807, 2.05) is 0 Å². The summed E-state index contributed by atoms with van der Waals surface area (Å²) in [6.07, 6.45) is 2.23. The molecular formula is C14H15NO10S. The Hall–Kier alpha value is -3.51. The molecule has 0 aromatic heterocycles. The Bertz CT molecular complexity index is 715. The van der Waals surface area contributed by atoms with Gasteiger partial charge in [0.2, 0.25) is 10.0 Å². The van der Waals surface area contributed by atoms with Gasteiger partial charge in [0.15, 0.2) is 0 Å². The molecule has 0 bridgehead atoms. The van der Waals surface area contributed by atoms with Crippen LogP contribution in [0.25, 0.3) is 0 Å². The highest BCUT2D eigenvalue weighted by molar-refractivity contribution is 7.89. The second-order valence-electron chi connectivity index (χ2n) is 3.88. The van der Waals surface area contributed by atoms with Crippen molar-refractivity contribution in [1.82, 2.24) is 0 Å². The standard InChI is InChI=1S/C6H7NO2S.2C4H4O4/c7-10(8,9)6-4-2-1-3-5-6;2*5-3(6)1-2-4(7)8/h1-5H,(H2,7,8,9);2*1-2H,(H,5,6)(H,7,8)/b;2*2-1+. The Labute approximate surface area is 147 Å². The fourth-order valence-electron chi connectivity index (χ4n) is 0.895. The SMILES string of the molecule is NS(=O)(=O)c1ccccc1.O=C(O)/C=C/C(=O)O.O=C(O)/C=C/C(=O)O. The molecule has 0 saturated carbocycles. The lowest BCUT2D eigenvalue weighted by molar-refractivity contribution is -0.134. The van der Waals surface area contributed by atoms with Crippen LogP contribution in [-0.4, -0.2) is 52.7 Å². The van der Waals surface area contributed by atoms with E-state index in [4.69, 9.17) is 25.6 Å². The predicted molar refractivity (Wildman–Crippen MR) is 86.6 cm³/mol. The van der Waals surface area contributed by atoms with Gasteiger partial charge < -0.3 is 20.4 Å². The van der Waals surface area contributed by atoms with Gasteiger partial charge in [-0.05, 0) is 12.1 Å². The summed E-state index contributed by atoms with van der Waals surface area (Å²) in [7, 11) is -3.50. The van der Waals surface area contributed by atoms with Gasteiger partial charge >= 0.3 is 23.9 Å². The molecule has 0 heterocycles. The average molecular weight is 389 g/mol. The van der Waals surface area contributed by atoms with Crippen molar-refractivity contribution in [3.05, 3.63) is 54.6 Å². The maximum Gasteiger partial charge on any atom is 0.328 e. The van der Waals surface area contributed by atoms with Crippen molar-refractivity contribution in [2.24, 2.45) is 5.14 Å². The highest BCUT2D eigenvalue weighted by Crippen LogP contribution is 2.03. The number of sulfonamides is 1. The molecule has 0 spiro atoms. The first-order valence-electron chi connectivity index (χ1n) is 6.22. The largest absolute Gasteiger partial charge is 0.478 e. The minimum atomic E-state index is -3.50. The number of hydrogen-bond acceptors (Lipinski definition) is 6. The first kappa shape index (κ1) is 24.7. The minimum absolute atomic E-state index is 0.148. The number of rotatable bonds is 5. The number of hydrogen-bond donors (Lipinski definition) is 5. The molecule has 0 aliphatic carbocycles. The quantitative estimate of drug-likeness (QED) is 0.417. The average Bonchev–Trinajstić information content (AvgIpc) is 2.52. The molecule has 142 valence electrons. The summed E-state index contributed by atoms with van der Waals surface area (Å²) in [6.45, 7) is 0. The smallest absolute Gasteiger partial charge is 0.328 e. The van der Waals surface area contributed by atoms with Crippen molar-refractivity contribution in [3.63, 3.8) is 0 Å². The maximum absolute atomic E-state index is 10.6. The van der Waals surface area contributed by atoms with E-state index in [1.165, 1.54) is 12.1 Å². The van der Waals surface area contributed by atoms with Crippen molar-refractivity contribution in [3.8, 4) is 0 Å². The summed E-state index contributed by atoms with van der Waals surface area (Å²) in [4.78, 5) is 38.4. The molecular weight excluding hydrogens is 374 g/mol. The molecule has 0 unspecified atom stereocenters. The Morgan fingerprint density at radius 2 is 0.962 bits per heavy atom. The number of primary sulfonamides is 1. The number of carboxylic acids is 4. The van der Waals surface area contributed by atoms with Gasteiger partial charge in [-0.15, -0.1) is 0 Å². The van der Waals surface area contributed by atoms with Crippen LogP contribution in [0.5, 0.6) is 0 Å². The van der Waals surface area contributed by atoms with E-state index >= 15 is 0 Å². The van der Waals surface area contributed by atoms with Gasteiger partial charge in [-0.2, -0.15) is 0 Å². The lowest BCUT2D eigenvalue weighted by atomic mass is 10.4. The number of carboxylic acid groups (broad SMARTS) is 4. The topological polar surface area (TPSA) is 209 Å². The molecule has 0 saturated heterocycles. The van der Waals surface area contributed by atoms with Crippen LogP contribution in [0.3, 0.4) is 0 Å². The molecule has 12 heteroatoms. The zero-order valence-electron chi connectivity index (χ0n) is 12.9. The molecule has 0 atom stereocenters. The van der Waals surface area contributed by atoms with E-state index in [1.54, 1.807) is 18.2 Å². The molecule has 1 rings (SSSR count). The zero-order chi connectivity index (χ0) is 20.8. The third kappa shape index (κ3) is 18.5. The molecule has 11 nitrogen and oxygen atoms in total. The summed E-state index contributed by atoms with van der Waals surface area (Å²) in [5, 5.41) is 36.1. The molecule has 6 N–H and O–H groups in total. The van der Waals surface area contributed by atoms with Gasteiger partial charge in [-0.3, -0.25) is 0 Å². The first-order chi connectivity index (χ1) is 11.9. The Morgan fingerprint density at radius 3 is 1.12 bits per heavy atom. The number of aliphatic carboxylic acids is 4. The van der Waals surface area contributed by atoms with E-state index in [0.29, 0.717) is 24.3 Å². The van der Waals surface area contributed by atoms with E-state index < -0.39 is 33.9 Å². The Kier molecular flexibility index (Phi) is 12.2. The van der Waals surface area contributed by atoms with Crippen LogP contribution in [0.1, 0.15) is 0 Å². The van der Waals surface area contributed by atoms with E-state index in [9.17, 15) is 27.6 Å². The lowest BCUT2D eigenvalue weighted by Gasteiger charge is -1.93. The second-order valence-corrected chi connectivity index (χ2v) is 5.44. The summed E-state index contributed by atoms with van der Waals surface area (Å²) >= 11 is 0. The lowest BCUT2D eigenvalue weighted by Crippen LogP contribution is -2.11. The highest BCUT2D eigenvalue weighted by atomic mass is 32.2. The molecule has 0 aliphatic heterocycles. The first-order valence-corrected chi connectivity index (χ1v) is 7.76. The fourth-order valence-corrected chi connectivity index (χ4v) is 1.43. The minimum Gasteiger partial charge on any atom is -0.478 e. The maximum atomic E-state index is 10.6. The van der Waals surface area contributed by atoms with Crippen LogP contribution in [0.2, 0.25) is 0 Å². The number of nitrogens with two attached hydrogens (primary N) is 1. The van der Waals surface area contributed by atoms with Gasteiger partial charge in [0, 0.05) is 24.3 Å². The number of benzene rings is 1. The van der Waals surface area contributed by atoms with Crippen molar-refractivity contribution in [2.45, 2.75) is 4.90 Å². The van der Waals surface area contributed by atoms with E-state index in [-0.39, 0.29) is 4.90 Å². The van der Waals surface area contributed by atoms with Crippen LogP contribution in [0.15, 0.2) is 59.5 Å². The molecule has 0 fully saturated rings. The molecule has 0 radical (unpaired) electrons. The summed E-state index contributed by atoms with van der Waals surface area (Å²) < 4.78 is 21.2. The Balaban J connectivity index is 0. The predicted octanol–water partition coefficient (Wildman–Crippen LogP) is -0.242. The normalized spacial score (nSPS) is 10.2. The molecule has 0 aliphatic rings. The summed E-state index contributed by atoms with van der Waals surface area (Å²) in [5.74, 6) is -5.03. The van der Waals surface area contributed by atoms with Crippen molar-refractivity contribution < 1.29 is 48.0 Å². The third-order valence-electron chi connectivity index (χ3n) is 1.81. The van der Waals surface area contributed by atoms with Crippen LogP contribution in [-0.2, 0) is 29.2 Å². The van der Waals surface area contributed by atoms with E-state index in [2.05, 4.69) is 0 Å². The van der Waals surface area contributed by atoms with Gasteiger partial charge in [0.25, 0.3) is 0 Å². The summed E-state index contributed by atoms with van der Waals surface area (Å²) in [5.41, 5.74) is 0. The molecule has 1 aromatic rings. The van der Waals surface area contributed by atoms with Gasteiger partial charge in [0.1, 0.15) is 0 Å². The van der Waals surface area contributed by atoms with Crippen LogP contribution in [0.4, 0.5) is 0 Å². The van der Waals surface area contributed by atoms with Crippen molar-refractivity contribution >= 4 is 33.9 Å². The van der Waals surface area contributed by atoms with E-state index in [0.717, 1.165) is 0 Å². The van der Waals surface area contributed by atoms with Gasteiger partial charge in [-0.25, -0.2) is 32.7 Å². The molecule has 0 amide bonds. The Morgan fingerprint density at radius 1 is 0.692 bits per heavy atom. The van der Waals surface area contributed by atoms with Crippen molar-refractivity contribution in [2.75, 3.05) is 0 Å². The third-order valence-corrected chi connectivity index (χ3v) is 2.74. The van der Waals surface area contributed by atoms with Crippen molar-refractivity contribution in [1.29, 1.82) is 0 Å². The summed E-state index contributed by atoms with van der Waals surface area (Å²) in [6, 6.07) is 7.89. The molecule has 26 heavy (non-hydrogen) atoms. The van der Waals surface area contributed by atoms with Gasteiger partial charge in [0.05, 0.1) is 4.90 Å². The van der Waals surface area contributed by atoms with Crippen LogP contribution < -0.4 is 5.14 Å². The zero-order valence-corrected chi connectivity index (χ0v) is 13.7.